The second kappa shape index (κ2) is 8.71. The number of aryl methyl sites for hydroxylation is 1. The number of nitrogens with zero attached hydrogens (tertiary/aromatic N) is 4. The number of nitrogen functional groups attached to an aromatic ring is 1. The standard InChI is InChI=1S/C27H26F3N5O2/c28-27(29,30)25-21(23(36)10-17-5-7-22-19(17)6-8-24(31)32-22)14-35(33-25)12-16-3-1-15(2-4-16)11-34-13-18-9-20(18)26(34)37/h1-4,6,8,14,17-18,20H,5,7,9-13H2,(H2,31,32)/t17-,18-,20-/m0/s1. The number of hydrogen-bond acceptors (Lipinski definition) is 5. The minimum absolute atomic E-state index is 0.0427. The topological polar surface area (TPSA) is 94.1 Å². The predicted molar refractivity (Wildman–Crippen MR) is 128 cm³/mol. The van der Waals surface area contributed by atoms with Crippen LogP contribution in [0.3, 0.4) is 0 Å². The number of amides is 1. The first-order valence-corrected chi connectivity index (χ1v) is 12.5. The van der Waals surface area contributed by atoms with Crippen molar-refractivity contribution in [1.29, 1.82) is 0 Å². The Balaban J connectivity index is 1.16. The van der Waals surface area contributed by atoms with Crippen LogP contribution >= 0.6 is 0 Å². The first kappa shape index (κ1) is 23.7. The fourth-order valence-electron chi connectivity index (χ4n) is 5.69. The predicted octanol–water partition coefficient (Wildman–Crippen LogP) is 4.21. The highest BCUT2D eigenvalue weighted by molar-refractivity contribution is 5.97. The highest BCUT2D eigenvalue weighted by Crippen LogP contribution is 2.46. The quantitative estimate of drug-likeness (QED) is 0.482. The number of anilines is 1. The molecule has 3 aromatic rings. The minimum atomic E-state index is -4.74. The van der Waals surface area contributed by atoms with E-state index in [2.05, 4.69) is 10.1 Å². The number of ketones is 1. The number of fused-ring (bicyclic) bond motifs is 2. The number of carbonyl (C=O) groups is 2. The highest BCUT2D eigenvalue weighted by Gasteiger charge is 2.51. The molecule has 192 valence electrons. The molecule has 0 radical (unpaired) electrons. The van der Waals surface area contributed by atoms with Gasteiger partial charge in [-0.05, 0) is 53.9 Å². The van der Waals surface area contributed by atoms with Crippen molar-refractivity contribution in [3.63, 3.8) is 0 Å². The van der Waals surface area contributed by atoms with Crippen molar-refractivity contribution < 1.29 is 22.8 Å². The number of Topliss-reactive ketones (excluding diaryl/α,β-unsaturated/α-hetero) is 1. The molecule has 37 heavy (non-hydrogen) atoms. The van der Waals surface area contributed by atoms with Crippen LogP contribution in [0, 0.1) is 11.8 Å². The molecule has 3 aliphatic rings. The molecule has 3 heterocycles. The molecule has 1 saturated carbocycles. The SMILES string of the molecule is Nc1ccc2c(n1)CC[C@H]2CC(=O)c1cn(Cc2ccc(CN3C[C@@H]4C[C@@H]4C3=O)cc2)nc1C(F)(F)F. The third kappa shape index (κ3) is 4.60. The van der Waals surface area contributed by atoms with Crippen LogP contribution in [-0.4, -0.2) is 37.9 Å². The van der Waals surface area contributed by atoms with E-state index in [0.717, 1.165) is 35.3 Å². The molecule has 2 aliphatic carbocycles. The van der Waals surface area contributed by atoms with E-state index in [1.54, 1.807) is 6.07 Å². The summed E-state index contributed by atoms with van der Waals surface area (Å²) in [6.07, 6.45) is -1.30. The summed E-state index contributed by atoms with van der Waals surface area (Å²) in [6.45, 7) is 1.43. The summed E-state index contributed by atoms with van der Waals surface area (Å²) < 4.78 is 42.5. The maximum Gasteiger partial charge on any atom is 0.435 e. The van der Waals surface area contributed by atoms with Crippen molar-refractivity contribution in [2.75, 3.05) is 12.3 Å². The number of carbonyl (C=O) groups excluding carboxylic acids is 2. The van der Waals surface area contributed by atoms with Gasteiger partial charge >= 0.3 is 6.18 Å². The van der Waals surface area contributed by atoms with Gasteiger partial charge in [0.05, 0.1) is 12.1 Å². The molecule has 0 unspecified atom stereocenters. The van der Waals surface area contributed by atoms with E-state index < -0.39 is 23.2 Å². The fourth-order valence-corrected chi connectivity index (χ4v) is 5.69. The van der Waals surface area contributed by atoms with Gasteiger partial charge in [-0.2, -0.15) is 18.3 Å². The van der Waals surface area contributed by atoms with E-state index in [1.807, 2.05) is 35.2 Å². The molecule has 1 aliphatic heterocycles. The molecule has 10 heteroatoms. The van der Waals surface area contributed by atoms with E-state index in [0.29, 0.717) is 31.1 Å². The normalized spacial score (nSPS) is 22.3. The lowest BCUT2D eigenvalue weighted by Crippen LogP contribution is -2.27. The van der Waals surface area contributed by atoms with Crippen LogP contribution in [-0.2, 0) is 30.5 Å². The Labute approximate surface area is 211 Å². The van der Waals surface area contributed by atoms with Gasteiger partial charge in [-0.3, -0.25) is 14.3 Å². The molecule has 3 atom stereocenters. The number of benzene rings is 1. The van der Waals surface area contributed by atoms with E-state index in [9.17, 15) is 22.8 Å². The minimum Gasteiger partial charge on any atom is -0.384 e. The number of rotatable bonds is 7. The Morgan fingerprint density at radius 2 is 1.81 bits per heavy atom. The van der Waals surface area contributed by atoms with Gasteiger partial charge < -0.3 is 10.6 Å². The largest absolute Gasteiger partial charge is 0.435 e. The van der Waals surface area contributed by atoms with E-state index in [1.165, 1.54) is 10.9 Å². The smallest absolute Gasteiger partial charge is 0.384 e. The van der Waals surface area contributed by atoms with Crippen LogP contribution in [0.4, 0.5) is 19.0 Å². The zero-order chi connectivity index (χ0) is 25.9. The van der Waals surface area contributed by atoms with Crippen LogP contribution in [0.15, 0.2) is 42.6 Å². The highest BCUT2D eigenvalue weighted by atomic mass is 19.4. The molecule has 7 nitrogen and oxygen atoms in total. The van der Waals surface area contributed by atoms with Gasteiger partial charge in [-0.25, -0.2) is 4.98 Å². The number of likely N-dealkylation sites (tertiary alicyclic amines) is 1. The van der Waals surface area contributed by atoms with Crippen LogP contribution in [0.5, 0.6) is 0 Å². The first-order valence-electron chi connectivity index (χ1n) is 12.5. The number of alkyl halides is 3. The Kier molecular flexibility index (Phi) is 5.58. The molecule has 2 fully saturated rings. The van der Waals surface area contributed by atoms with Crippen molar-refractivity contribution in [1.82, 2.24) is 19.7 Å². The molecule has 1 saturated heterocycles. The van der Waals surface area contributed by atoms with Crippen LogP contribution in [0.25, 0.3) is 0 Å². The van der Waals surface area contributed by atoms with Crippen molar-refractivity contribution >= 4 is 17.5 Å². The summed E-state index contributed by atoms with van der Waals surface area (Å²) in [5, 5.41) is 3.75. The molecular weight excluding hydrogens is 483 g/mol. The van der Waals surface area contributed by atoms with Gasteiger partial charge in [-0.1, -0.05) is 30.3 Å². The van der Waals surface area contributed by atoms with Crippen LogP contribution in [0.2, 0.25) is 0 Å². The summed E-state index contributed by atoms with van der Waals surface area (Å²) in [7, 11) is 0. The number of hydrogen-bond donors (Lipinski definition) is 1. The summed E-state index contributed by atoms with van der Waals surface area (Å²) in [5.41, 5.74) is 7.56. The van der Waals surface area contributed by atoms with Crippen LogP contribution < -0.4 is 5.73 Å². The maximum absolute atomic E-state index is 13.8. The number of pyridine rings is 1. The molecule has 1 aromatic carbocycles. The summed E-state index contributed by atoms with van der Waals surface area (Å²) in [5.74, 6) is 0.533. The van der Waals surface area contributed by atoms with E-state index in [-0.39, 0.29) is 30.7 Å². The van der Waals surface area contributed by atoms with Gasteiger partial charge in [0.15, 0.2) is 11.5 Å². The number of halogens is 3. The van der Waals surface area contributed by atoms with Crippen molar-refractivity contribution in [3.05, 3.63) is 76.2 Å². The molecule has 1 amide bonds. The summed E-state index contributed by atoms with van der Waals surface area (Å²) in [4.78, 5) is 31.4. The van der Waals surface area contributed by atoms with E-state index in [4.69, 9.17) is 5.73 Å². The first-order chi connectivity index (χ1) is 17.7. The lowest BCUT2D eigenvalue weighted by molar-refractivity contribution is -0.141. The number of nitrogens with two attached hydrogens (primary N) is 1. The number of piperidine rings is 1. The average Bonchev–Trinajstić information content (AvgIpc) is 3.15. The van der Waals surface area contributed by atoms with Gasteiger partial charge in [-0.15, -0.1) is 0 Å². The summed E-state index contributed by atoms with van der Waals surface area (Å²) >= 11 is 0. The van der Waals surface area contributed by atoms with Gasteiger partial charge in [0.1, 0.15) is 5.82 Å². The molecule has 0 bridgehead atoms. The Hall–Kier alpha value is -3.69. The van der Waals surface area contributed by atoms with Crippen molar-refractivity contribution in [3.8, 4) is 0 Å². The third-order valence-corrected chi connectivity index (χ3v) is 7.71. The Morgan fingerprint density at radius 3 is 2.49 bits per heavy atom. The zero-order valence-electron chi connectivity index (χ0n) is 20.0. The second-order valence-electron chi connectivity index (χ2n) is 10.4. The maximum atomic E-state index is 13.8. The molecule has 6 rings (SSSR count). The molecule has 2 aromatic heterocycles. The Bertz CT molecular complexity index is 1380. The molecule has 2 N–H and O–H groups in total. The lowest BCUT2D eigenvalue weighted by atomic mass is 9.94. The molecule has 0 spiro atoms. The Morgan fingerprint density at radius 1 is 1.08 bits per heavy atom. The van der Waals surface area contributed by atoms with Crippen molar-refractivity contribution in [2.24, 2.45) is 11.8 Å². The zero-order valence-corrected chi connectivity index (χ0v) is 20.0. The third-order valence-electron chi connectivity index (χ3n) is 7.71. The second-order valence-corrected chi connectivity index (χ2v) is 10.4. The lowest BCUT2D eigenvalue weighted by Gasteiger charge is -2.18. The monoisotopic (exact) mass is 509 g/mol. The summed E-state index contributed by atoms with van der Waals surface area (Å²) in [6, 6.07) is 10.9. The van der Waals surface area contributed by atoms with Crippen molar-refractivity contribution in [2.45, 2.75) is 50.9 Å². The number of aromatic nitrogens is 3. The molecular formula is C27H26F3N5O2. The van der Waals surface area contributed by atoms with Gasteiger partial charge in [0.2, 0.25) is 5.91 Å². The fraction of sp³-hybridized carbons (Fsp3) is 0.407. The van der Waals surface area contributed by atoms with Gasteiger partial charge in [0, 0.05) is 37.3 Å². The van der Waals surface area contributed by atoms with Crippen LogP contribution in [0.1, 0.15) is 63.6 Å². The average molecular weight is 510 g/mol. The van der Waals surface area contributed by atoms with E-state index >= 15 is 0 Å². The van der Waals surface area contributed by atoms with Gasteiger partial charge in [0.25, 0.3) is 0 Å².